The van der Waals surface area contributed by atoms with E-state index in [0.29, 0.717) is 5.92 Å². The van der Waals surface area contributed by atoms with Crippen LogP contribution in [0.15, 0.2) is 0 Å². The van der Waals surface area contributed by atoms with E-state index in [-0.39, 0.29) is 23.4 Å². The predicted octanol–water partition coefficient (Wildman–Crippen LogP) is 4.64. The molecule has 4 heteroatoms. The Hall–Kier alpha value is 0.0969. The molecule has 0 fully saturated rings. The van der Waals surface area contributed by atoms with Gasteiger partial charge in [-0.05, 0) is 47.5 Å². The van der Waals surface area contributed by atoms with E-state index < -0.39 is 8.80 Å². The molecule has 0 aliphatic rings. The molecule has 19 heavy (non-hydrogen) atoms. The lowest BCUT2D eigenvalue weighted by Crippen LogP contribution is -2.59. The maximum Gasteiger partial charge on any atom is 0.507 e. The van der Waals surface area contributed by atoms with Crippen LogP contribution in [0.1, 0.15) is 69.2 Å². The van der Waals surface area contributed by atoms with E-state index in [2.05, 4.69) is 27.7 Å². The first kappa shape index (κ1) is 19.1. The highest BCUT2D eigenvalue weighted by Gasteiger charge is 2.58. The second kappa shape index (κ2) is 7.20. The Kier molecular flexibility index (Phi) is 7.24. The summed E-state index contributed by atoms with van der Waals surface area (Å²) in [5.74, 6) is 0.426. The van der Waals surface area contributed by atoms with Gasteiger partial charge in [0.25, 0.3) is 0 Å². The molecular weight excluding hydrogens is 256 g/mol. The van der Waals surface area contributed by atoms with E-state index >= 15 is 0 Å². The molecule has 3 nitrogen and oxygen atoms in total. The van der Waals surface area contributed by atoms with E-state index in [9.17, 15) is 0 Å². The van der Waals surface area contributed by atoms with E-state index in [0.717, 1.165) is 0 Å². The van der Waals surface area contributed by atoms with Gasteiger partial charge in [-0.1, -0.05) is 27.7 Å². The molecule has 0 atom stereocenters. The standard InChI is InChI=1S/C15H34O3Si/c1-11(2)15(9,10)19(16-12(3)4,17-13(5)6)18-14(7)8/h11-14H,1-10H3. The van der Waals surface area contributed by atoms with Crippen molar-refractivity contribution in [1.29, 1.82) is 0 Å². The van der Waals surface area contributed by atoms with Gasteiger partial charge in [-0.25, -0.2) is 0 Å². The van der Waals surface area contributed by atoms with Crippen LogP contribution < -0.4 is 0 Å². The Labute approximate surface area is 121 Å². The van der Waals surface area contributed by atoms with Crippen LogP contribution in [0.5, 0.6) is 0 Å². The first-order valence-corrected chi connectivity index (χ1v) is 9.20. The van der Waals surface area contributed by atoms with Crippen molar-refractivity contribution in [2.75, 3.05) is 0 Å². The molecule has 0 saturated carbocycles. The summed E-state index contributed by atoms with van der Waals surface area (Å²) in [4.78, 5) is 0. The summed E-state index contributed by atoms with van der Waals surface area (Å²) in [6.45, 7) is 21.1. The van der Waals surface area contributed by atoms with Crippen molar-refractivity contribution in [2.24, 2.45) is 5.92 Å². The Morgan fingerprint density at radius 1 is 0.632 bits per heavy atom. The van der Waals surface area contributed by atoms with Gasteiger partial charge in [-0.15, -0.1) is 0 Å². The first-order valence-electron chi connectivity index (χ1n) is 7.48. The van der Waals surface area contributed by atoms with Crippen molar-refractivity contribution in [1.82, 2.24) is 0 Å². The molecule has 0 aliphatic carbocycles. The van der Waals surface area contributed by atoms with Crippen LogP contribution >= 0.6 is 0 Å². The maximum atomic E-state index is 6.28. The smallest absolute Gasteiger partial charge is 0.371 e. The summed E-state index contributed by atoms with van der Waals surface area (Å²) in [6.07, 6.45) is 0.298. The Morgan fingerprint density at radius 3 is 1.05 bits per heavy atom. The van der Waals surface area contributed by atoms with E-state index in [1.54, 1.807) is 0 Å². The third-order valence-corrected chi connectivity index (χ3v) is 7.91. The zero-order chi connectivity index (χ0) is 15.4. The summed E-state index contributed by atoms with van der Waals surface area (Å²) in [5.41, 5.74) is 0. The molecule has 0 N–H and O–H groups in total. The quantitative estimate of drug-likeness (QED) is 0.610. The highest BCUT2D eigenvalue weighted by Crippen LogP contribution is 2.47. The largest absolute Gasteiger partial charge is 0.507 e. The molecule has 0 radical (unpaired) electrons. The monoisotopic (exact) mass is 290 g/mol. The molecule has 0 spiro atoms. The highest BCUT2D eigenvalue weighted by molar-refractivity contribution is 6.64. The predicted molar refractivity (Wildman–Crippen MR) is 83.3 cm³/mol. The van der Waals surface area contributed by atoms with E-state index in [4.69, 9.17) is 13.3 Å². The van der Waals surface area contributed by atoms with Gasteiger partial charge in [0.1, 0.15) is 0 Å². The Balaban J connectivity index is 5.58. The maximum absolute atomic E-state index is 6.28. The van der Waals surface area contributed by atoms with Crippen LogP contribution in [0.25, 0.3) is 0 Å². The molecule has 0 unspecified atom stereocenters. The van der Waals surface area contributed by atoms with Crippen LogP contribution in [0.4, 0.5) is 0 Å². The fraction of sp³-hybridized carbons (Fsp3) is 1.00. The number of hydrogen-bond donors (Lipinski definition) is 0. The molecule has 0 aromatic heterocycles. The van der Waals surface area contributed by atoms with Gasteiger partial charge in [0.2, 0.25) is 0 Å². The Bertz CT molecular complexity index is 234. The van der Waals surface area contributed by atoms with Crippen molar-refractivity contribution in [3.05, 3.63) is 0 Å². The number of hydrogen-bond acceptors (Lipinski definition) is 3. The molecule has 0 amide bonds. The van der Waals surface area contributed by atoms with Gasteiger partial charge in [0, 0.05) is 23.4 Å². The van der Waals surface area contributed by atoms with Crippen molar-refractivity contribution >= 4 is 8.80 Å². The second-order valence-electron chi connectivity index (χ2n) is 6.93. The van der Waals surface area contributed by atoms with Crippen molar-refractivity contribution in [2.45, 2.75) is 92.6 Å². The Morgan fingerprint density at radius 2 is 0.895 bits per heavy atom. The zero-order valence-corrected chi connectivity index (χ0v) is 15.5. The van der Waals surface area contributed by atoms with Gasteiger partial charge in [-0.2, -0.15) is 0 Å². The van der Waals surface area contributed by atoms with Crippen LogP contribution in [0.3, 0.4) is 0 Å². The highest BCUT2D eigenvalue weighted by atomic mass is 28.4. The van der Waals surface area contributed by atoms with E-state index in [1.807, 2.05) is 41.5 Å². The summed E-state index contributed by atoms with van der Waals surface area (Å²) < 4.78 is 18.8. The molecule has 0 bridgehead atoms. The normalized spacial score (nSPS) is 14.2. The number of rotatable bonds is 8. The first-order chi connectivity index (χ1) is 8.44. The van der Waals surface area contributed by atoms with Gasteiger partial charge in [0.15, 0.2) is 0 Å². The minimum absolute atomic E-state index is 0.0993. The molecule has 0 heterocycles. The lowest BCUT2D eigenvalue weighted by Gasteiger charge is -2.46. The average molecular weight is 291 g/mol. The summed E-state index contributed by atoms with van der Waals surface area (Å²) in [6, 6.07) is 0. The lowest BCUT2D eigenvalue weighted by atomic mass is 9.99. The van der Waals surface area contributed by atoms with Crippen LogP contribution in [0, 0.1) is 5.92 Å². The van der Waals surface area contributed by atoms with Crippen LogP contribution in [-0.2, 0) is 13.3 Å². The zero-order valence-electron chi connectivity index (χ0n) is 14.5. The van der Waals surface area contributed by atoms with E-state index in [1.165, 1.54) is 0 Å². The molecule has 116 valence electrons. The van der Waals surface area contributed by atoms with Gasteiger partial charge in [-0.3, -0.25) is 0 Å². The molecule has 0 aromatic rings. The van der Waals surface area contributed by atoms with Crippen molar-refractivity contribution in [3.8, 4) is 0 Å². The van der Waals surface area contributed by atoms with Gasteiger partial charge in [0.05, 0.1) is 0 Å². The second-order valence-corrected chi connectivity index (χ2v) is 10.0. The molecule has 0 rings (SSSR count). The summed E-state index contributed by atoms with van der Waals surface area (Å²) in [7, 11) is -2.78. The third kappa shape index (κ3) is 5.18. The molecular formula is C15H34O3Si. The van der Waals surface area contributed by atoms with Crippen LogP contribution in [-0.4, -0.2) is 27.1 Å². The lowest BCUT2D eigenvalue weighted by molar-refractivity contribution is -0.0206. The molecule has 0 aliphatic heterocycles. The molecule has 0 aromatic carbocycles. The fourth-order valence-corrected chi connectivity index (χ4v) is 5.47. The third-order valence-electron chi connectivity index (χ3n) is 3.41. The van der Waals surface area contributed by atoms with Gasteiger partial charge < -0.3 is 13.3 Å². The minimum atomic E-state index is -2.78. The van der Waals surface area contributed by atoms with Crippen LogP contribution in [0.2, 0.25) is 5.04 Å². The molecule has 0 saturated heterocycles. The van der Waals surface area contributed by atoms with Crippen molar-refractivity contribution in [3.63, 3.8) is 0 Å². The topological polar surface area (TPSA) is 27.7 Å². The summed E-state index contributed by atoms with van der Waals surface area (Å²) in [5, 5.41) is -0.119. The van der Waals surface area contributed by atoms with Gasteiger partial charge >= 0.3 is 8.80 Å². The SMILES string of the molecule is CC(C)O[Si](OC(C)C)(OC(C)C)C(C)(C)C(C)C. The fourth-order valence-electron chi connectivity index (χ4n) is 1.82. The van der Waals surface area contributed by atoms with Crippen molar-refractivity contribution < 1.29 is 13.3 Å². The summed E-state index contributed by atoms with van der Waals surface area (Å²) >= 11 is 0. The average Bonchev–Trinajstić information content (AvgIpc) is 2.12. The minimum Gasteiger partial charge on any atom is -0.371 e.